The lowest BCUT2D eigenvalue weighted by Gasteiger charge is -2.42. The van der Waals surface area contributed by atoms with E-state index in [2.05, 4.69) is 10.2 Å². The highest BCUT2D eigenvalue weighted by atomic mass is 15.2. The monoisotopic (exact) mass is 292 g/mol. The molecule has 0 radical (unpaired) electrons. The molecule has 0 spiro atoms. The molecule has 0 atom stereocenters. The maximum absolute atomic E-state index is 3.85. The van der Waals surface area contributed by atoms with E-state index in [4.69, 9.17) is 0 Å². The van der Waals surface area contributed by atoms with E-state index in [1.54, 1.807) is 0 Å². The average Bonchev–Trinajstić information content (AvgIpc) is 3.07. The second-order valence-corrected chi connectivity index (χ2v) is 7.76. The lowest BCUT2D eigenvalue weighted by Crippen LogP contribution is -2.48. The van der Waals surface area contributed by atoms with Crippen molar-refractivity contribution in [1.29, 1.82) is 0 Å². The van der Waals surface area contributed by atoms with E-state index in [1.807, 2.05) is 0 Å². The molecule has 0 bridgehead atoms. The van der Waals surface area contributed by atoms with Gasteiger partial charge in [-0.2, -0.15) is 0 Å². The van der Waals surface area contributed by atoms with Crippen molar-refractivity contribution >= 4 is 0 Å². The van der Waals surface area contributed by atoms with E-state index in [0.717, 1.165) is 18.1 Å². The summed E-state index contributed by atoms with van der Waals surface area (Å²) in [6, 6.07) is 2.66. The number of nitrogens with one attached hydrogen (secondary N) is 1. The van der Waals surface area contributed by atoms with E-state index in [-0.39, 0.29) is 0 Å². The summed E-state index contributed by atoms with van der Waals surface area (Å²) in [7, 11) is 0. The fourth-order valence-corrected chi connectivity index (χ4v) is 5.02. The molecule has 0 aromatic heterocycles. The van der Waals surface area contributed by atoms with Gasteiger partial charge in [-0.15, -0.1) is 0 Å². The van der Waals surface area contributed by atoms with Gasteiger partial charge in [-0.3, -0.25) is 4.90 Å². The topological polar surface area (TPSA) is 15.3 Å². The molecule has 0 saturated heterocycles. The van der Waals surface area contributed by atoms with Crippen molar-refractivity contribution in [2.45, 2.75) is 108 Å². The molecule has 3 rings (SSSR count). The summed E-state index contributed by atoms with van der Waals surface area (Å²) in [6.07, 6.45) is 20.5. The zero-order chi connectivity index (χ0) is 14.3. The molecule has 21 heavy (non-hydrogen) atoms. The molecule has 0 heterocycles. The molecule has 0 aliphatic heterocycles. The van der Waals surface area contributed by atoms with Gasteiger partial charge in [0.2, 0.25) is 0 Å². The van der Waals surface area contributed by atoms with Crippen molar-refractivity contribution in [3.05, 3.63) is 0 Å². The molecule has 3 aliphatic carbocycles. The summed E-state index contributed by atoms with van der Waals surface area (Å²) in [6.45, 7) is 2.55. The van der Waals surface area contributed by atoms with Crippen LogP contribution in [0.1, 0.15) is 89.9 Å². The Balaban J connectivity index is 1.49. The first-order chi connectivity index (χ1) is 10.4. The standard InChI is InChI=1S/C19H36N2/c1-3-11-18(12-4-1)21(19-13-5-2-6-14-19)16-15-20-17-9-7-8-10-17/h17-20H,1-16H2. The second kappa shape index (κ2) is 8.53. The molecular weight excluding hydrogens is 256 g/mol. The van der Waals surface area contributed by atoms with Gasteiger partial charge in [-0.25, -0.2) is 0 Å². The van der Waals surface area contributed by atoms with E-state index in [9.17, 15) is 0 Å². The lowest BCUT2D eigenvalue weighted by atomic mass is 9.88. The largest absolute Gasteiger partial charge is 0.313 e. The minimum atomic E-state index is 0.838. The van der Waals surface area contributed by atoms with Crippen molar-refractivity contribution in [3.63, 3.8) is 0 Å². The zero-order valence-corrected chi connectivity index (χ0v) is 14.0. The van der Waals surface area contributed by atoms with Gasteiger partial charge in [-0.1, -0.05) is 51.4 Å². The Morgan fingerprint density at radius 2 is 1.10 bits per heavy atom. The van der Waals surface area contributed by atoms with Crippen LogP contribution in [-0.2, 0) is 0 Å². The molecule has 1 N–H and O–H groups in total. The molecule has 2 heteroatoms. The fraction of sp³-hybridized carbons (Fsp3) is 1.00. The predicted molar refractivity (Wildman–Crippen MR) is 90.7 cm³/mol. The quantitative estimate of drug-likeness (QED) is 0.776. The summed E-state index contributed by atoms with van der Waals surface area (Å²) in [4.78, 5) is 2.94. The third kappa shape index (κ3) is 4.69. The normalized spacial score (nSPS) is 26.7. The van der Waals surface area contributed by atoms with Crippen LogP contribution in [0.4, 0.5) is 0 Å². The van der Waals surface area contributed by atoms with E-state index in [0.29, 0.717) is 0 Å². The first-order valence-corrected chi connectivity index (χ1v) is 9.92. The Morgan fingerprint density at radius 3 is 1.62 bits per heavy atom. The lowest BCUT2D eigenvalue weighted by molar-refractivity contribution is 0.0810. The van der Waals surface area contributed by atoms with E-state index >= 15 is 0 Å². The Bertz CT molecular complexity index is 255. The Labute approximate surface area is 132 Å². The number of nitrogens with zero attached hydrogens (tertiary/aromatic N) is 1. The van der Waals surface area contributed by atoms with Gasteiger partial charge >= 0.3 is 0 Å². The zero-order valence-electron chi connectivity index (χ0n) is 14.0. The molecular formula is C19H36N2. The molecule has 3 saturated carbocycles. The van der Waals surface area contributed by atoms with Crippen LogP contribution < -0.4 is 5.32 Å². The van der Waals surface area contributed by atoms with Crippen LogP contribution >= 0.6 is 0 Å². The minimum Gasteiger partial charge on any atom is -0.313 e. The number of rotatable bonds is 6. The van der Waals surface area contributed by atoms with Crippen LogP contribution in [0.15, 0.2) is 0 Å². The first-order valence-electron chi connectivity index (χ1n) is 9.92. The van der Waals surface area contributed by atoms with E-state index < -0.39 is 0 Å². The van der Waals surface area contributed by atoms with Crippen molar-refractivity contribution in [2.24, 2.45) is 0 Å². The van der Waals surface area contributed by atoms with Crippen LogP contribution in [0, 0.1) is 0 Å². The van der Waals surface area contributed by atoms with Crippen LogP contribution in [0.3, 0.4) is 0 Å². The Kier molecular flexibility index (Phi) is 6.42. The molecule has 2 nitrogen and oxygen atoms in total. The van der Waals surface area contributed by atoms with Gasteiger partial charge in [-0.05, 0) is 38.5 Å². The fourth-order valence-electron chi connectivity index (χ4n) is 5.02. The number of hydrogen-bond donors (Lipinski definition) is 1. The van der Waals surface area contributed by atoms with E-state index in [1.165, 1.54) is 103 Å². The van der Waals surface area contributed by atoms with Crippen LogP contribution in [0.5, 0.6) is 0 Å². The van der Waals surface area contributed by atoms with Crippen molar-refractivity contribution in [3.8, 4) is 0 Å². The van der Waals surface area contributed by atoms with Crippen molar-refractivity contribution in [1.82, 2.24) is 10.2 Å². The van der Waals surface area contributed by atoms with Gasteiger partial charge in [0.05, 0.1) is 0 Å². The van der Waals surface area contributed by atoms with Crippen LogP contribution in [0.2, 0.25) is 0 Å². The number of hydrogen-bond acceptors (Lipinski definition) is 2. The van der Waals surface area contributed by atoms with Gasteiger partial charge in [0.25, 0.3) is 0 Å². The van der Waals surface area contributed by atoms with Gasteiger partial charge in [0.15, 0.2) is 0 Å². The molecule has 0 aromatic carbocycles. The third-order valence-corrected chi connectivity index (χ3v) is 6.25. The molecule has 3 fully saturated rings. The minimum absolute atomic E-state index is 0.838. The Hall–Kier alpha value is -0.0800. The van der Waals surface area contributed by atoms with Crippen molar-refractivity contribution in [2.75, 3.05) is 13.1 Å². The highest BCUT2D eigenvalue weighted by Crippen LogP contribution is 2.29. The van der Waals surface area contributed by atoms with Crippen molar-refractivity contribution < 1.29 is 0 Å². The smallest absolute Gasteiger partial charge is 0.0113 e. The molecule has 3 aliphatic rings. The van der Waals surface area contributed by atoms with Gasteiger partial charge in [0.1, 0.15) is 0 Å². The molecule has 0 amide bonds. The van der Waals surface area contributed by atoms with Gasteiger partial charge < -0.3 is 5.32 Å². The molecule has 0 unspecified atom stereocenters. The predicted octanol–water partition coefficient (Wildman–Crippen LogP) is 4.49. The first kappa shape index (κ1) is 15.8. The summed E-state index contributed by atoms with van der Waals surface area (Å²) in [5.74, 6) is 0. The van der Waals surface area contributed by atoms with Gasteiger partial charge in [0, 0.05) is 31.2 Å². The molecule has 0 aromatic rings. The SMILES string of the molecule is C1CCC(N(CCNC2CCCC2)C2CCCCC2)CC1. The third-order valence-electron chi connectivity index (χ3n) is 6.25. The summed E-state index contributed by atoms with van der Waals surface area (Å²) < 4.78 is 0. The summed E-state index contributed by atoms with van der Waals surface area (Å²) >= 11 is 0. The summed E-state index contributed by atoms with van der Waals surface area (Å²) in [5.41, 5.74) is 0. The average molecular weight is 293 g/mol. The Morgan fingerprint density at radius 1 is 0.619 bits per heavy atom. The molecule has 122 valence electrons. The highest BCUT2D eigenvalue weighted by Gasteiger charge is 2.28. The summed E-state index contributed by atoms with van der Waals surface area (Å²) in [5, 5.41) is 3.85. The maximum atomic E-state index is 3.85. The highest BCUT2D eigenvalue weighted by molar-refractivity contribution is 4.85. The van der Waals surface area contributed by atoms with Crippen LogP contribution in [0.25, 0.3) is 0 Å². The second-order valence-electron chi connectivity index (χ2n) is 7.76. The maximum Gasteiger partial charge on any atom is 0.0113 e. The van der Waals surface area contributed by atoms with Crippen LogP contribution in [-0.4, -0.2) is 36.1 Å².